The highest BCUT2D eigenvalue weighted by molar-refractivity contribution is 6.23. The van der Waals surface area contributed by atoms with Crippen molar-refractivity contribution in [3.63, 3.8) is 0 Å². The molecule has 0 amide bonds. The van der Waals surface area contributed by atoms with Crippen LogP contribution in [-0.2, 0) is 21.7 Å². The van der Waals surface area contributed by atoms with Crippen LogP contribution in [-0.4, -0.2) is 0 Å². The summed E-state index contributed by atoms with van der Waals surface area (Å²) >= 11 is 0. The van der Waals surface area contributed by atoms with E-state index in [4.69, 9.17) is 0 Å². The minimum Gasteiger partial charge on any atom is -0.308 e. The first-order valence-corrected chi connectivity index (χ1v) is 26.9. The molecule has 2 nitrogen and oxygen atoms in total. The van der Waals surface area contributed by atoms with Gasteiger partial charge in [-0.15, -0.1) is 0 Å². The zero-order valence-electron chi connectivity index (χ0n) is 45.3. The summed E-state index contributed by atoms with van der Waals surface area (Å²) in [6, 6.07) is 98.8. The average molecular weight is 985 g/mol. The van der Waals surface area contributed by atoms with Gasteiger partial charge in [0.15, 0.2) is 0 Å². The summed E-state index contributed by atoms with van der Waals surface area (Å²) in [5, 5.41) is 4.72. The molecule has 0 aliphatic heterocycles. The molecule has 0 spiro atoms. The van der Waals surface area contributed by atoms with E-state index < -0.39 is 0 Å². The van der Waals surface area contributed by atoms with Gasteiger partial charge in [0.2, 0.25) is 0 Å². The molecule has 2 heteroatoms. The van der Waals surface area contributed by atoms with Crippen LogP contribution < -0.4 is 9.80 Å². The fraction of sp³-hybridized carbons (Fsp3) is 0.162. The van der Waals surface area contributed by atoms with Crippen LogP contribution in [0.3, 0.4) is 0 Å². The smallest absolute Gasteiger partial charge is 0.0788 e. The van der Waals surface area contributed by atoms with Crippen LogP contribution in [0.5, 0.6) is 0 Å². The quantitative estimate of drug-likeness (QED) is 0.0791. The standard InChI is InChI=1S/C74H68N2/c1-71(2,53-25-13-9-14-26-53)57-37-45-61(46-38-57)75(62-47-39-58(40-48-62)72(3,4)54-27-15-10-16-28-54)69-67-35-23-21-33-65(67)66-34-22-24-36-68(66)70(69)76(63-49-41-59(42-50-63)73(5,6)55-29-17-11-18-30-55)64-51-43-60(44-52-64)74(7,8)56-31-19-12-20-32-56/h9-52H,1-8H3. The van der Waals surface area contributed by atoms with Crippen LogP contribution in [0.2, 0.25) is 0 Å². The topological polar surface area (TPSA) is 6.48 Å². The predicted octanol–water partition coefficient (Wildman–Crippen LogP) is 20.2. The molecule has 0 aliphatic carbocycles. The van der Waals surface area contributed by atoms with Crippen LogP contribution in [0.15, 0.2) is 267 Å². The molecule has 0 unspecified atom stereocenters. The Morgan fingerprint density at radius 1 is 0.184 bits per heavy atom. The van der Waals surface area contributed by atoms with Crippen molar-refractivity contribution in [2.75, 3.05) is 9.80 Å². The fourth-order valence-electron chi connectivity index (χ4n) is 11.6. The number of hydrogen-bond donors (Lipinski definition) is 0. The molecule has 0 radical (unpaired) electrons. The number of benzene rings is 11. The van der Waals surface area contributed by atoms with E-state index in [1.807, 2.05) is 0 Å². The molecule has 0 N–H and O–H groups in total. The lowest BCUT2D eigenvalue weighted by atomic mass is 9.78. The second-order valence-electron chi connectivity index (χ2n) is 22.6. The molecule has 0 heterocycles. The summed E-state index contributed by atoms with van der Waals surface area (Å²) in [6.45, 7) is 18.6. The van der Waals surface area contributed by atoms with E-state index in [1.165, 1.54) is 55.3 Å². The van der Waals surface area contributed by atoms with Crippen LogP contribution in [0.4, 0.5) is 34.1 Å². The molecule has 0 saturated carbocycles. The van der Waals surface area contributed by atoms with Gasteiger partial charge in [0.05, 0.1) is 11.4 Å². The minimum atomic E-state index is -0.213. The second-order valence-corrected chi connectivity index (χ2v) is 22.6. The molecule has 0 fully saturated rings. The van der Waals surface area contributed by atoms with E-state index in [1.54, 1.807) is 0 Å². The second kappa shape index (κ2) is 20.0. The normalized spacial score (nSPS) is 12.2. The van der Waals surface area contributed by atoms with E-state index >= 15 is 0 Å². The van der Waals surface area contributed by atoms with E-state index in [0.717, 1.165) is 44.9 Å². The van der Waals surface area contributed by atoms with E-state index in [2.05, 4.69) is 332 Å². The highest BCUT2D eigenvalue weighted by atomic mass is 15.2. The molecule has 0 aromatic heterocycles. The Morgan fingerprint density at radius 2 is 0.355 bits per heavy atom. The van der Waals surface area contributed by atoms with Gasteiger partial charge in [-0.3, -0.25) is 0 Å². The van der Waals surface area contributed by atoms with Gasteiger partial charge >= 0.3 is 0 Å². The average Bonchev–Trinajstić information content (AvgIpc) is 3.47. The molecular formula is C74H68N2. The Kier molecular flexibility index (Phi) is 13.1. The number of anilines is 6. The van der Waals surface area contributed by atoms with Crippen molar-refractivity contribution >= 4 is 55.7 Å². The van der Waals surface area contributed by atoms with Gasteiger partial charge in [-0.25, -0.2) is 0 Å². The van der Waals surface area contributed by atoms with Gasteiger partial charge in [0.1, 0.15) is 0 Å². The summed E-state index contributed by atoms with van der Waals surface area (Å²) < 4.78 is 0. The van der Waals surface area contributed by atoms with Crippen LogP contribution >= 0.6 is 0 Å². The largest absolute Gasteiger partial charge is 0.308 e. The summed E-state index contributed by atoms with van der Waals surface area (Å²) in [5.41, 5.74) is 15.8. The Morgan fingerprint density at radius 3 is 0.566 bits per heavy atom. The third-order valence-corrected chi connectivity index (χ3v) is 16.7. The van der Waals surface area contributed by atoms with Crippen molar-refractivity contribution in [1.82, 2.24) is 0 Å². The first-order chi connectivity index (χ1) is 36.7. The van der Waals surface area contributed by atoms with Crippen molar-refractivity contribution in [3.05, 3.63) is 311 Å². The highest BCUT2D eigenvalue weighted by Gasteiger charge is 2.32. The molecule has 0 atom stereocenters. The Labute approximate surface area is 451 Å². The molecule has 0 bridgehead atoms. The Bertz CT molecular complexity index is 3300. The van der Waals surface area contributed by atoms with Gasteiger partial charge < -0.3 is 9.80 Å². The van der Waals surface area contributed by atoms with Crippen LogP contribution in [0.1, 0.15) is 99.9 Å². The van der Waals surface area contributed by atoms with Crippen LogP contribution in [0, 0.1) is 0 Å². The third kappa shape index (κ3) is 9.06. The van der Waals surface area contributed by atoms with E-state index in [9.17, 15) is 0 Å². The van der Waals surface area contributed by atoms with Gasteiger partial charge in [-0.1, -0.05) is 274 Å². The van der Waals surface area contributed by atoms with Crippen molar-refractivity contribution in [2.45, 2.75) is 77.0 Å². The van der Waals surface area contributed by atoms with Crippen LogP contribution in [0.25, 0.3) is 21.5 Å². The summed E-state index contributed by atoms with van der Waals surface area (Å²) in [4.78, 5) is 5.05. The van der Waals surface area contributed by atoms with E-state index in [-0.39, 0.29) is 21.7 Å². The van der Waals surface area contributed by atoms with Crippen molar-refractivity contribution in [3.8, 4) is 0 Å². The highest BCUT2D eigenvalue weighted by Crippen LogP contribution is 2.54. The molecule has 0 saturated heterocycles. The predicted molar refractivity (Wildman–Crippen MR) is 325 cm³/mol. The number of hydrogen-bond acceptors (Lipinski definition) is 2. The van der Waals surface area contributed by atoms with Gasteiger partial charge in [0, 0.05) is 55.2 Å². The Hall–Kier alpha value is -8.46. The molecule has 0 aliphatic rings. The lowest BCUT2D eigenvalue weighted by Crippen LogP contribution is -2.21. The summed E-state index contributed by atoms with van der Waals surface area (Å²) in [6.07, 6.45) is 0. The monoisotopic (exact) mass is 985 g/mol. The van der Waals surface area contributed by atoms with E-state index in [0.29, 0.717) is 0 Å². The van der Waals surface area contributed by atoms with Crippen molar-refractivity contribution < 1.29 is 0 Å². The first-order valence-electron chi connectivity index (χ1n) is 26.9. The zero-order chi connectivity index (χ0) is 52.7. The maximum atomic E-state index is 2.52. The first kappa shape index (κ1) is 49.7. The molecule has 11 aromatic rings. The molecule has 11 aromatic carbocycles. The molecule has 11 rings (SSSR count). The lowest BCUT2D eigenvalue weighted by molar-refractivity contribution is 0.640. The SMILES string of the molecule is CC(C)(c1ccccc1)c1ccc(N(c2ccc(C(C)(C)c3ccccc3)cc2)c2c(N(c3ccc(C(C)(C)c4ccccc4)cc3)c3ccc(C(C)(C)c4ccccc4)cc3)c3ccccc3c3ccccc23)cc1. The van der Waals surface area contributed by atoms with Gasteiger partial charge in [0.25, 0.3) is 0 Å². The molecule has 374 valence electrons. The van der Waals surface area contributed by atoms with Gasteiger partial charge in [-0.05, 0) is 104 Å². The Balaban J connectivity index is 1.18. The zero-order valence-corrected chi connectivity index (χ0v) is 45.3. The lowest BCUT2D eigenvalue weighted by Gasteiger charge is -2.36. The number of nitrogens with zero attached hydrogens (tertiary/aromatic N) is 2. The maximum absolute atomic E-state index is 2.52. The number of rotatable bonds is 14. The molecule has 76 heavy (non-hydrogen) atoms. The minimum absolute atomic E-state index is 0.213. The third-order valence-electron chi connectivity index (χ3n) is 16.7. The maximum Gasteiger partial charge on any atom is 0.0788 e. The summed E-state index contributed by atoms with van der Waals surface area (Å²) in [5.74, 6) is 0. The van der Waals surface area contributed by atoms with Crippen molar-refractivity contribution in [1.29, 1.82) is 0 Å². The molecular weight excluding hydrogens is 917 g/mol. The van der Waals surface area contributed by atoms with Gasteiger partial charge in [-0.2, -0.15) is 0 Å². The fourth-order valence-corrected chi connectivity index (χ4v) is 11.6. The number of fused-ring (bicyclic) bond motifs is 3. The summed E-state index contributed by atoms with van der Waals surface area (Å²) in [7, 11) is 0. The van der Waals surface area contributed by atoms with Crippen molar-refractivity contribution in [2.24, 2.45) is 0 Å².